The average Bonchev–Trinajstić information content (AvgIpc) is 3.14. The highest BCUT2D eigenvalue weighted by molar-refractivity contribution is 5.93. The summed E-state index contributed by atoms with van der Waals surface area (Å²) in [6, 6.07) is 1.86. The highest BCUT2D eigenvalue weighted by atomic mass is 16.3. The molecule has 1 N–H and O–H groups in total. The molecule has 0 saturated carbocycles. The van der Waals surface area contributed by atoms with Gasteiger partial charge in [-0.1, -0.05) is 0 Å². The fourth-order valence-corrected chi connectivity index (χ4v) is 2.85. The van der Waals surface area contributed by atoms with E-state index in [0.717, 1.165) is 24.4 Å². The number of anilines is 1. The van der Waals surface area contributed by atoms with E-state index in [1.54, 1.807) is 6.92 Å². The maximum Gasteiger partial charge on any atom is 0.276 e. The molecule has 7 nitrogen and oxygen atoms in total. The molecule has 7 heteroatoms. The minimum atomic E-state index is -0.101. The number of amides is 1. The third-order valence-corrected chi connectivity index (χ3v) is 3.92. The molecule has 1 aliphatic heterocycles. The van der Waals surface area contributed by atoms with Gasteiger partial charge in [0, 0.05) is 19.7 Å². The molecule has 0 unspecified atom stereocenters. The van der Waals surface area contributed by atoms with Crippen molar-refractivity contribution in [2.24, 2.45) is 0 Å². The third-order valence-electron chi connectivity index (χ3n) is 3.92. The van der Waals surface area contributed by atoms with Crippen molar-refractivity contribution < 1.29 is 9.21 Å². The van der Waals surface area contributed by atoms with Crippen LogP contribution in [-0.2, 0) is 0 Å². The summed E-state index contributed by atoms with van der Waals surface area (Å²) in [5, 5.41) is 3.03. The van der Waals surface area contributed by atoms with Gasteiger partial charge in [0.05, 0.1) is 11.7 Å². The van der Waals surface area contributed by atoms with Crippen molar-refractivity contribution in [1.29, 1.82) is 0 Å². The minimum Gasteiger partial charge on any atom is -0.448 e. The van der Waals surface area contributed by atoms with Gasteiger partial charge in [0.1, 0.15) is 17.4 Å². The molecule has 1 saturated heterocycles. The number of carbonyl (C=O) groups is 1. The summed E-state index contributed by atoms with van der Waals surface area (Å²) < 4.78 is 5.15. The van der Waals surface area contributed by atoms with Crippen LogP contribution in [0.2, 0.25) is 0 Å². The predicted octanol–water partition coefficient (Wildman–Crippen LogP) is 2.10. The highest BCUT2D eigenvalue weighted by Crippen LogP contribution is 2.33. The Labute approximate surface area is 128 Å². The van der Waals surface area contributed by atoms with Gasteiger partial charge in [0.15, 0.2) is 12.1 Å². The third kappa shape index (κ3) is 2.54. The van der Waals surface area contributed by atoms with E-state index >= 15 is 0 Å². The molecule has 1 fully saturated rings. The molecule has 1 amide bonds. The molecule has 0 aromatic carbocycles. The first-order chi connectivity index (χ1) is 10.6. The Kier molecular flexibility index (Phi) is 3.79. The number of carbonyl (C=O) groups excluding carboxylic acids is 1. The van der Waals surface area contributed by atoms with Crippen LogP contribution >= 0.6 is 0 Å². The van der Waals surface area contributed by atoms with Gasteiger partial charge in [-0.3, -0.25) is 4.79 Å². The fraction of sp³-hybridized carbons (Fsp3) is 0.467. The van der Waals surface area contributed by atoms with Gasteiger partial charge in [0.2, 0.25) is 0 Å². The smallest absolute Gasteiger partial charge is 0.276 e. The summed E-state index contributed by atoms with van der Waals surface area (Å²) in [6.07, 6.45) is 3.15. The van der Waals surface area contributed by atoms with E-state index < -0.39 is 0 Å². The van der Waals surface area contributed by atoms with E-state index in [4.69, 9.17) is 4.42 Å². The summed E-state index contributed by atoms with van der Waals surface area (Å²) in [5.41, 5.74) is 1.25. The van der Waals surface area contributed by atoms with Crippen molar-refractivity contribution in [2.75, 3.05) is 18.9 Å². The monoisotopic (exact) mass is 301 g/mol. The lowest BCUT2D eigenvalue weighted by atomic mass is 10.1. The Bertz CT molecular complexity index is 697. The Morgan fingerprint density at radius 3 is 2.91 bits per heavy atom. The number of nitrogens with one attached hydrogen (secondary N) is 1. The summed E-state index contributed by atoms with van der Waals surface area (Å²) in [6.45, 7) is 4.31. The summed E-state index contributed by atoms with van der Waals surface area (Å²) in [5.74, 6) is 1.90. The van der Waals surface area contributed by atoms with Crippen LogP contribution in [0.15, 0.2) is 16.9 Å². The summed E-state index contributed by atoms with van der Waals surface area (Å²) in [7, 11) is 1.82. The Balaban J connectivity index is 1.92. The van der Waals surface area contributed by atoms with Crippen LogP contribution in [0.1, 0.15) is 46.7 Å². The largest absolute Gasteiger partial charge is 0.448 e. The number of oxazole rings is 1. The zero-order valence-corrected chi connectivity index (χ0v) is 13.0. The fourth-order valence-electron chi connectivity index (χ4n) is 2.85. The lowest BCUT2D eigenvalue weighted by Crippen LogP contribution is -2.31. The first-order valence-corrected chi connectivity index (χ1v) is 7.34. The number of hydrogen-bond acceptors (Lipinski definition) is 6. The van der Waals surface area contributed by atoms with Gasteiger partial charge in [-0.25, -0.2) is 15.0 Å². The van der Waals surface area contributed by atoms with E-state index in [1.807, 2.05) is 24.9 Å². The maximum absolute atomic E-state index is 12.7. The number of aromatic nitrogens is 3. The van der Waals surface area contributed by atoms with Crippen LogP contribution in [0.25, 0.3) is 0 Å². The number of rotatable bonds is 3. The van der Waals surface area contributed by atoms with Crippen LogP contribution in [-0.4, -0.2) is 39.4 Å². The molecule has 3 rings (SSSR count). The standard InChI is InChI=1S/C15H19N5O2/c1-9-14(17-8-22-9)15(21)20-6-4-5-12(20)11-7-13(16-3)19-10(2)18-11/h7-8,12H,4-6H2,1-3H3,(H,16,18,19)/t12-/m0/s1. The highest BCUT2D eigenvalue weighted by Gasteiger charge is 2.33. The summed E-state index contributed by atoms with van der Waals surface area (Å²) >= 11 is 0. The van der Waals surface area contributed by atoms with Gasteiger partial charge in [0.25, 0.3) is 5.91 Å². The first kappa shape index (κ1) is 14.5. The second-order valence-electron chi connectivity index (χ2n) is 5.39. The van der Waals surface area contributed by atoms with Crippen LogP contribution < -0.4 is 5.32 Å². The molecule has 116 valence electrons. The number of aryl methyl sites for hydroxylation is 2. The molecule has 0 spiro atoms. The quantitative estimate of drug-likeness (QED) is 0.934. The van der Waals surface area contributed by atoms with Crippen molar-refractivity contribution in [2.45, 2.75) is 32.7 Å². The van der Waals surface area contributed by atoms with Gasteiger partial charge < -0.3 is 14.6 Å². The average molecular weight is 301 g/mol. The molecular formula is C15H19N5O2. The Morgan fingerprint density at radius 1 is 1.41 bits per heavy atom. The van der Waals surface area contributed by atoms with E-state index in [9.17, 15) is 4.79 Å². The molecule has 1 atom stereocenters. The lowest BCUT2D eigenvalue weighted by Gasteiger charge is -2.24. The molecule has 2 aromatic rings. The normalized spacial score (nSPS) is 17.8. The molecule has 3 heterocycles. The summed E-state index contributed by atoms with van der Waals surface area (Å²) in [4.78, 5) is 27.4. The zero-order valence-electron chi connectivity index (χ0n) is 13.0. The zero-order chi connectivity index (χ0) is 15.7. The number of hydrogen-bond donors (Lipinski definition) is 1. The topological polar surface area (TPSA) is 84.2 Å². The SMILES string of the molecule is CNc1cc([C@@H]2CCCN2C(=O)c2ncoc2C)nc(C)n1. The van der Waals surface area contributed by atoms with Gasteiger partial charge >= 0.3 is 0 Å². The van der Waals surface area contributed by atoms with Crippen LogP contribution in [0.5, 0.6) is 0 Å². The van der Waals surface area contributed by atoms with Gasteiger partial charge in [-0.15, -0.1) is 0 Å². The van der Waals surface area contributed by atoms with Crippen LogP contribution in [0.3, 0.4) is 0 Å². The molecule has 2 aromatic heterocycles. The van der Waals surface area contributed by atoms with E-state index in [2.05, 4.69) is 20.3 Å². The lowest BCUT2D eigenvalue weighted by molar-refractivity contribution is 0.0725. The van der Waals surface area contributed by atoms with Crippen molar-refractivity contribution in [3.63, 3.8) is 0 Å². The molecule has 0 radical (unpaired) electrons. The first-order valence-electron chi connectivity index (χ1n) is 7.34. The van der Waals surface area contributed by atoms with E-state index in [-0.39, 0.29) is 11.9 Å². The van der Waals surface area contributed by atoms with Crippen LogP contribution in [0.4, 0.5) is 5.82 Å². The second kappa shape index (κ2) is 5.75. The van der Waals surface area contributed by atoms with Gasteiger partial charge in [-0.05, 0) is 26.7 Å². The predicted molar refractivity (Wildman–Crippen MR) is 80.6 cm³/mol. The minimum absolute atomic E-state index is 0.0441. The van der Waals surface area contributed by atoms with E-state index in [0.29, 0.717) is 23.8 Å². The van der Waals surface area contributed by atoms with Crippen LogP contribution in [0, 0.1) is 13.8 Å². The maximum atomic E-state index is 12.7. The molecule has 0 bridgehead atoms. The number of nitrogens with zero attached hydrogens (tertiary/aromatic N) is 4. The molecule has 22 heavy (non-hydrogen) atoms. The second-order valence-corrected chi connectivity index (χ2v) is 5.39. The van der Waals surface area contributed by atoms with Crippen molar-refractivity contribution in [3.8, 4) is 0 Å². The Morgan fingerprint density at radius 2 is 2.23 bits per heavy atom. The molecular weight excluding hydrogens is 282 g/mol. The number of likely N-dealkylation sites (tertiary alicyclic amines) is 1. The molecule has 1 aliphatic rings. The van der Waals surface area contributed by atoms with Crippen molar-refractivity contribution in [3.05, 3.63) is 35.4 Å². The van der Waals surface area contributed by atoms with Gasteiger partial charge in [-0.2, -0.15) is 0 Å². The Hall–Kier alpha value is -2.44. The van der Waals surface area contributed by atoms with Crippen molar-refractivity contribution >= 4 is 11.7 Å². The molecule has 0 aliphatic carbocycles. The van der Waals surface area contributed by atoms with E-state index in [1.165, 1.54) is 6.39 Å². The van der Waals surface area contributed by atoms with Crippen molar-refractivity contribution in [1.82, 2.24) is 19.9 Å².